The fraction of sp³-hybridized carbons (Fsp3) is 0.241. The van der Waals surface area contributed by atoms with Gasteiger partial charge in [-0.1, -0.05) is 40.1 Å². The van der Waals surface area contributed by atoms with Crippen LogP contribution in [0.3, 0.4) is 0 Å². The topological polar surface area (TPSA) is 242 Å². The van der Waals surface area contributed by atoms with Gasteiger partial charge in [0.25, 0.3) is 0 Å². The Kier molecular flexibility index (Phi) is 19.8. The van der Waals surface area contributed by atoms with E-state index in [9.17, 15) is 33.9 Å². The van der Waals surface area contributed by atoms with Crippen molar-refractivity contribution in [3.05, 3.63) is 72.3 Å². The molecule has 0 bridgehead atoms. The third-order valence-corrected chi connectivity index (χ3v) is 4.83. The predicted molar refractivity (Wildman–Crippen MR) is 156 cm³/mol. The van der Waals surface area contributed by atoms with E-state index in [0.717, 1.165) is 5.56 Å². The molecule has 3 radical (unpaired) electrons. The van der Waals surface area contributed by atoms with Gasteiger partial charge in [0.05, 0.1) is 25.2 Å². The summed E-state index contributed by atoms with van der Waals surface area (Å²) < 4.78 is 9.06. The molecular weight excluding hydrogens is 583 g/mol. The molecule has 14 nitrogen and oxygen atoms in total. The molecule has 4 rings (SSSR count). The molecule has 0 spiro atoms. The van der Waals surface area contributed by atoms with E-state index in [-0.39, 0.29) is 64.5 Å². The lowest BCUT2D eigenvalue weighted by Crippen LogP contribution is -2.29. The highest BCUT2D eigenvalue weighted by molar-refractivity contribution is 6.05. The Labute approximate surface area is 255 Å². The van der Waals surface area contributed by atoms with Crippen LogP contribution in [0, 0.1) is 5.92 Å². The first-order valence-corrected chi connectivity index (χ1v) is 11.4. The number of fused-ring (bicyclic) bond motifs is 1. The maximum Gasteiger partial charge on any atom is 0.341 e. The van der Waals surface area contributed by atoms with Gasteiger partial charge in [0.1, 0.15) is 23.0 Å². The lowest BCUT2D eigenvalue weighted by atomic mass is 9.93. The number of carbonyl (C=O) groups is 6. The Morgan fingerprint density at radius 3 is 1.73 bits per heavy atom. The molecule has 1 atom stereocenters. The molecule has 1 saturated heterocycles. The number of phenolic OH excluding ortho intramolecular Hbond substituents is 3. The number of esters is 3. The molecule has 6 N–H and O–H groups in total. The van der Waals surface area contributed by atoms with Crippen molar-refractivity contribution in [2.24, 2.45) is 5.92 Å². The first kappa shape index (κ1) is 42.9. The molecular formula is C29H34BO14. The number of carboxylic acids is 3. The Balaban J connectivity index is -0.000000525. The highest BCUT2D eigenvalue weighted by atomic mass is 16.6. The molecule has 2 heterocycles. The van der Waals surface area contributed by atoms with Crippen LogP contribution in [0.2, 0.25) is 0 Å². The minimum atomic E-state index is -1.27. The molecule has 0 saturated carbocycles. The molecule has 2 aromatic carbocycles. The highest BCUT2D eigenvalue weighted by Crippen LogP contribution is 2.32. The zero-order chi connectivity index (χ0) is 31.3. The maximum atomic E-state index is 11.4. The fourth-order valence-corrected chi connectivity index (χ4v) is 2.92. The summed E-state index contributed by atoms with van der Waals surface area (Å²) in [5.41, 5.74) is 0.682. The summed E-state index contributed by atoms with van der Waals surface area (Å²) in [6, 6.07) is 10.3. The van der Waals surface area contributed by atoms with E-state index < -0.39 is 48.2 Å². The molecule has 15 heteroatoms. The van der Waals surface area contributed by atoms with Gasteiger partial charge in [-0.15, -0.1) is 0 Å². The minimum absolute atomic E-state index is 0. The number of carboxylic acid groups (broad SMARTS) is 3. The lowest BCUT2D eigenvalue weighted by Gasteiger charge is -2.22. The summed E-state index contributed by atoms with van der Waals surface area (Å²) in [5.74, 6) is -5.25. The Morgan fingerprint density at radius 2 is 1.39 bits per heavy atom. The van der Waals surface area contributed by atoms with E-state index in [1.807, 2.05) is 0 Å². The van der Waals surface area contributed by atoms with Crippen LogP contribution in [0.15, 0.2) is 66.8 Å². The fourth-order valence-electron chi connectivity index (χ4n) is 2.92. The van der Waals surface area contributed by atoms with E-state index in [4.69, 9.17) is 30.3 Å². The second-order valence-corrected chi connectivity index (χ2v) is 8.25. The number of ether oxygens (including phenoxy) is 2. The van der Waals surface area contributed by atoms with Crippen LogP contribution in [-0.4, -0.2) is 74.9 Å². The van der Waals surface area contributed by atoms with Gasteiger partial charge >= 0.3 is 35.8 Å². The first-order chi connectivity index (χ1) is 19.1. The second-order valence-electron chi connectivity index (χ2n) is 8.25. The SMILES string of the molecule is C.C.C=C(CC(=O)O)C(=O)O.C=C1CC(=O)OC1=O.O=C(O)CC1Cc2ccc(O)cc2OC1=O.Oc1cccc(O)c1.[B]. The van der Waals surface area contributed by atoms with Crippen molar-refractivity contribution in [2.75, 3.05) is 0 Å². The largest absolute Gasteiger partial charge is 0.508 e. The van der Waals surface area contributed by atoms with Crippen LogP contribution in [0.1, 0.15) is 39.7 Å². The van der Waals surface area contributed by atoms with E-state index in [1.165, 1.54) is 30.3 Å². The van der Waals surface area contributed by atoms with Crippen LogP contribution in [0.5, 0.6) is 23.0 Å². The molecule has 237 valence electrons. The van der Waals surface area contributed by atoms with E-state index in [1.54, 1.807) is 12.1 Å². The maximum absolute atomic E-state index is 11.4. The number of cyclic esters (lactones) is 2. The summed E-state index contributed by atoms with van der Waals surface area (Å²) in [7, 11) is 0. The number of aromatic hydroxyl groups is 3. The summed E-state index contributed by atoms with van der Waals surface area (Å²) >= 11 is 0. The summed E-state index contributed by atoms with van der Waals surface area (Å²) in [6.07, 6.45) is -0.353. The van der Waals surface area contributed by atoms with Crippen molar-refractivity contribution in [1.82, 2.24) is 0 Å². The Bertz CT molecular complexity index is 1330. The summed E-state index contributed by atoms with van der Waals surface area (Å²) in [4.78, 5) is 62.0. The molecule has 0 aromatic heterocycles. The normalized spacial score (nSPS) is 13.7. The highest BCUT2D eigenvalue weighted by Gasteiger charge is 2.30. The van der Waals surface area contributed by atoms with Crippen molar-refractivity contribution in [3.8, 4) is 23.0 Å². The molecule has 0 aliphatic carbocycles. The number of phenols is 3. The van der Waals surface area contributed by atoms with Crippen LogP contribution >= 0.6 is 0 Å². The van der Waals surface area contributed by atoms with Gasteiger partial charge in [0.15, 0.2) is 0 Å². The van der Waals surface area contributed by atoms with Gasteiger partial charge in [0.2, 0.25) is 0 Å². The number of carbonyl (C=O) groups excluding carboxylic acids is 3. The van der Waals surface area contributed by atoms with Gasteiger partial charge < -0.3 is 40.1 Å². The number of rotatable bonds is 5. The molecule has 2 aromatic rings. The van der Waals surface area contributed by atoms with Gasteiger partial charge in [-0.05, 0) is 30.2 Å². The summed E-state index contributed by atoms with van der Waals surface area (Å²) in [5, 5.41) is 51.2. The lowest BCUT2D eigenvalue weighted by molar-refractivity contribution is -0.151. The van der Waals surface area contributed by atoms with E-state index >= 15 is 0 Å². The summed E-state index contributed by atoms with van der Waals surface area (Å²) in [6.45, 7) is 6.30. The van der Waals surface area contributed by atoms with Gasteiger partial charge in [0, 0.05) is 31.7 Å². The van der Waals surface area contributed by atoms with Crippen molar-refractivity contribution in [1.29, 1.82) is 0 Å². The van der Waals surface area contributed by atoms with Gasteiger partial charge in [-0.25, -0.2) is 9.59 Å². The Morgan fingerprint density at radius 1 is 0.841 bits per heavy atom. The zero-order valence-electron chi connectivity index (χ0n) is 21.9. The first-order valence-electron chi connectivity index (χ1n) is 11.4. The van der Waals surface area contributed by atoms with Crippen molar-refractivity contribution >= 4 is 44.2 Å². The molecule has 0 amide bonds. The molecule has 2 aliphatic rings. The molecule has 1 fully saturated rings. The van der Waals surface area contributed by atoms with Crippen molar-refractivity contribution in [3.63, 3.8) is 0 Å². The number of benzene rings is 2. The molecule has 2 aliphatic heterocycles. The molecule has 1 unspecified atom stereocenters. The minimum Gasteiger partial charge on any atom is -0.508 e. The third-order valence-electron chi connectivity index (χ3n) is 4.83. The van der Waals surface area contributed by atoms with Crippen LogP contribution in [-0.2, 0) is 39.9 Å². The van der Waals surface area contributed by atoms with Gasteiger partial charge in [-0.3, -0.25) is 19.2 Å². The standard InChI is InChI=1S/C11H10O5.C6H6O2.C5H6O4.C5H4O3.2CH4.B/c12-8-2-1-6-3-7(4-10(13)14)11(15)16-9(6)5-8;7-5-2-1-3-6(8)4-5;1-3(5(8)9)2-4(6)7;1-3-2-4(6)8-5(3)7;;;/h1-2,5,7,12H,3-4H2,(H,13,14);1-4,7-8H;1-2H2,(H,6,7)(H,8,9);1-2H2;2*1H4;. The average Bonchev–Trinajstić information content (AvgIpc) is 3.14. The van der Waals surface area contributed by atoms with Crippen LogP contribution in [0.25, 0.3) is 0 Å². The monoisotopic (exact) mass is 617 g/mol. The number of hydrogen-bond donors (Lipinski definition) is 6. The van der Waals surface area contributed by atoms with Crippen LogP contribution in [0.4, 0.5) is 0 Å². The zero-order valence-corrected chi connectivity index (χ0v) is 21.9. The predicted octanol–water partition coefficient (Wildman–Crippen LogP) is 3.05. The van der Waals surface area contributed by atoms with E-state index in [0.29, 0.717) is 12.2 Å². The number of hydrogen-bond acceptors (Lipinski definition) is 11. The van der Waals surface area contributed by atoms with Gasteiger partial charge in [-0.2, -0.15) is 0 Å². The van der Waals surface area contributed by atoms with Crippen molar-refractivity contribution < 1.29 is 68.9 Å². The Hall–Kier alpha value is -5.60. The van der Waals surface area contributed by atoms with Crippen LogP contribution < -0.4 is 4.74 Å². The smallest absolute Gasteiger partial charge is 0.341 e. The number of aliphatic carboxylic acids is 3. The third kappa shape index (κ3) is 16.0. The quantitative estimate of drug-likeness (QED) is 0.0929. The molecule has 44 heavy (non-hydrogen) atoms. The second kappa shape index (κ2) is 20.3. The average molecular weight is 617 g/mol. The van der Waals surface area contributed by atoms with Crippen molar-refractivity contribution in [2.45, 2.75) is 40.5 Å². The van der Waals surface area contributed by atoms with E-state index in [2.05, 4.69) is 17.9 Å².